The predicted octanol–water partition coefficient (Wildman–Crippen LogP) is 16.6. The number of aliphatic carboxylic acids is 1. The van der Waals surface area contributed by atoms with Gasteiger partial charge >= 0.3 is 11.9 Å². The molecule has 4 heteroatoms. The quantitative estimate of drug-likeness (QED) is 0.0502. The lowest BCUT2D eigenvalue weighted by Crippen LogP contribution is -2.13. The number of carboxylic acids is 1. The highest BCUT2D eigenvalue weighted by atomic mass is 16.5. The summed E-state index contributed by atoms with van der Waals surface area (Å²) in [4.78, 5) is 22.9. The van der Waals surface area contributed by atoms with Crippen LogP contribution >= 0.6 is 0 Å². The zero-order chi connectivity index (χ0) is 38.8. The summed E-state index contributed by atoms with van der Waals surface area (Å²) in [5.74, 6) is 0.741. The van der Waals surface area contributed by atoms with Crippen molar-refractivity contribution < 1.29 is 19.4 Å². The molecule has 0 aromatic carbocycles. The predicted molar refractivity (Wildman–Crippen MR) is 229 cm³/mol. The lowest BCUT2D eigenvalue weighted by Gasteiger charge is -2.13. The number of hydrogen-bond acceptors (Lipinski definition) is 3. The van der Waals surface area contributed by atoms with Crippen molar-refractivity contribution in [2.24, 2.45) is 17.8 Å². The van der Waals surface area contributed by atoms with E-state index in [1.807, 2.05) is 0 Å². The molecule has 0 amide bonds. The summed E-state index contributed by atoms with van der Waals surface area (Å²) in [5, 5.41) is 9.34. The molecular formula is C48H96O4. The van der Waals surface area contributed by atoms with Crippen LogP contribution in [0.5, 0.6) is 0 Å². The average Bonchev–Trinajstić information content (AvgIpc) is 3.11. The highest BCUT2D eigenvalue weighted by Crippen LogP contribution is 2.20. The minimum Gasteiger partial charge on any atom is -0.481 e. The number of unbranched alkanes of at least 4 members (excludes halogenated alkanes) is 27. The fourth-order valence-corrected chi connectivity index (χ4v) is 7.13. The molecule has 0 spiro atoms. The normalized spacial score (nSPS) is 11.9. The Morgan fingerprint density at radius 3 is 1.08 bits per heavy atom. The van der Waals surface area contributed by atoms with Crippen LogP contribution in [0.2, 0.25) is 0 Å². The van der Waals surface area contributed by atoms with Gasteiger partial charge in [-0.3, -0.25) is 9.59 Å². The van der Waals surface area contributed by atoms with Crippen LogP contribution in [0.1, 0.15) is 273 Å². The summed E-state index contributed by atoms with van der Waals surface area (Å²) in [6, 6.07) is 0. The molecule has 0 radical (unpaired) electrons. The van der Waals surface area contributed by atoms with Crippen LogP contribution in [-0.4, -0.2) is 23.7 Å². The Kier molecular flexibility index (Phi) is 45.2. The van der Waals surface area contributed by atoms with Gasteiger partial charge in [-0.1, -0.05) is 241 Å². The van der Waals surface area contributed by atoms with Crippen LogP contribution < -0.4 is 0 Å². The van der Waals surface area contributed by atoms with E-state index in [1.54, 1.807) is 0 Å². The molecule has 0 aliphatic heterocycles. The molecule has 0 rings (SSSR count). The third-order valence-corrected chi connectivity index (χ3v) is 10.8. The third kappa shape index (κ3) is 47.0. The number of carboxylic acid groups (broad SMARTS) is 1. The second-order valence-electron chi connectivity index (χ2n) is 17.2. The fourth-order valence-electron chi connectivity index (χ4n) is 7.13. The lowest BCUT2D eigenvalue weighted by molar-refractivity contribution is -0.144. The van der Waals surface area contributed by atoms with Crippen molar-refractivity contribution >= 4 is 11.9 Å². The second-order valence-corrected chi connectivity index (χ2v) is 17.2. The van der Waals surface area contributed by atoms with Crippen molar-refractivity contribution in [2.75, 3.05) is 6.61 Å². The molecule has 0 fully saturated rings. The van der Waals surface area contributed by atoms with Gasteiger partial charge in [-0.2, -0.15) is 0 Å². The number of ether oxygens (including phenoxy) is 1. The summed E-state index contributed by atoms with van der Waals surface area (Å²) in [5.41, 5.74) is 0. The van der Waals surface area contributed by atoms with Crippen LogP contribution in [0, 0.1) is 17.8 Å². The van der Waals surface area contributed by atoms with E-state index in [2.05, 4.69) is 41.5 Å². The Bertz CT molecular complexity index is 700. The Hall–Kier alpha value is -1.06. The number of esters is 1. The van der Waals surface area contributed by atoms with Crippen molar-refractivity contribution in [3.05, 3.63) is 0 Å². The Morgan fingerprint density at radius 1 is 0.404 bits per heavy atom. The van der Waals surface area contributed by atoms with Crippen molar-refractivity contribution in [1.82, 2.24) is 0 Å². The molecule has 0 aromatic rings. The van der Waals surface area contributed by atoms with Crippen molar-refractivity contribution in [3.8, 4) is 0 Å². The summed E-state index contributed by atoms with van der Waals surface area (Å²) >= 11 is 0. The van der Waals surface area contributed by atoms with Gasteiger partial charge in [-0.15, -0.1) is 0 Å². The van der Waals surface area contributed by atoms with Gasteiger partial charge in [-0.25, -0.2) is 0 Å². The van der Waals surface area contributed by atoms with E-state index >= 15 is 0 Å². The van der Waals surface area contributed by atoms with Gasteiger partial charge in [0.25, 0.3) is 0 Å². The number of carbonyl (C=O) groups is 2. The monoisotopic (exact) mass is 737 g/mol. The standard InChI is InChI=1S/2C24H48O2/c1-4-5-6-7-8-9-10-11-12-13-14-15-16-19-22-26-24(25)21-18-17-20-23(2)3;1-4-5-6-7-8-9-10-11-12-13-14-15-16-17-20-23(24(25)26)21-18-19-22(2)3/h23H,4-22H2,1-3H3;22-23H,4-21H2,1-3H3,(H,25,26). The Balaban J connectivity index is 0. The van der Waals surface area contributed by atoms with Gasteiger partial charge in [0.15, 0.2) is 0 Å². The van der Waals surface area contributed by atoms with Crippen LogP contribution in [0.15, 0.2) is 0 Å². The molecule has 0 saturated heterocycles. The van der Waals surface area contributed by atoms with E-state index in [4.69, 9.17) is 4.74 Å². The third-order valence-electron chi connectivity index (χ3n) is 10.8. The van der Waals surface area contributed by atoms with Crippen LogP contribution in [0.4, 0.5) is 0 Å². The minimum absolute atomic E-state index is 0.00319. The van der Waals surface area contributed by atoms with Gasteiger partial charge in [-0.05, 0) is 37.5 Å². The van der Waals surface area contributed by atoms with Gasteiger partial charge in [0.1, 0.15) is 0 Å². The average molecular weight is 737 g/mol. The molecule has 52 heavy (non-hydrogen) atoms. The maximum atomic E-state index is 11.6. The summed E-state index contributed by atoms with van der Waals surface area (Å²) < 4.78 is 5.32. The maximum absolute atomic E-state index is 11.6. The molecule has 0 aliphatic rings. The topological polar surface area (TPSA) is 63.6 Å². The molecule has 312 valence electrons. The molecular weight excluding hydrogens is 641 g/mol. The smallest absolute Gasteiger partial charge is 0.306 e. The molecule has 0 saturated carbocycles. The van der Waals surface area contributed by atoms with Gasteiger partial charge < -0.3 is 9.84 Å². The first-order valence-electron chi connectivity index (χ1n) is 23.6. The molecule has 1 N–H and O–H groups in total. The highest BCUT2D eigenvalue weighted by molar-refractivity contribution is 5.70. The van der Waals surface area contributed by atoms with Crippen molar-refractivity contribution in [2.45, 2.75) is 273 Å². The zero-order valence-corrected chi connectivity index (χ0v) is 36.6. The van der Waals surface area contributed by atoms with Crippen LogP contribution in [-0.2, 0) is 14.3 Å². The number of hydrogen-bond donors (Lipinski definition) is 1. The first kappa shape index (κ1) is 53.0. The molecule has 4 nitrogen and oxygen atoms in total. The first-order chi connectivity index (χ1) is 25.2. The van der Waals surface area contributed by atoms with E-state index in [0.29, 0.717) is 18.9 Å². The van der Waals surface area contributed by atoms with Crippen LogP contribution in [0.25, 0.3) is 0 Å². The molecule has 1 unspecified atom stereocenters. The van der Waals surface area contributed by atoms with E-state index in [-0.39, 0.29) is 11.9 Å². The fraction of sp³-hybridized carbons (Fsp3) is 0.958. The lowest BCUT2D eigenvalue weighted by atomic mass is 9.93. The Labute approximate surface area is 327 Å². The first-order valence-corrected chi connectivity index (χ1v) is 23.6. The largest absolute Gasteiger partial charge is 0.481 e. The summed E-state index contributed by atoms with van der Waals surface area (Å²) in [7, 11) is 0. The number of carbonyl (C=O) groups excluding carboxylic acids is 1. The number of rotatable bonds is 40. The SMILES string of the molecule is CCCCCCCCCCCCCCCCC(CCCC(C)C)C(=O)O.CCCCCCCCCCCCCCCCOC(=O)CCCCC(C)C. The molecule has 0 aromatic heterocycles. The Morgan fingerprint density at radius 2 is 0.712 bits per heavy atom. The molecule has 0 heterocycles. The van der Waals surface area contributed by atoms with Crippen molar-refractivity contribution in [1.29, 1.82) is 0 Å². The minimum atomic E-state index is -0.580. The highest BCUT2D eigenvalue weighted by Gasteiger charge is 2.16. The van der Waals surface area contributed by atoms with E-state index in [0.717, 1.165) is 57.3 Å². The molecule has 0 bridgehead atoms. The van der Waals surface area contributed by atoms with E-state index in [9.17, 15) is 14.7 Å². The second kappa shape index (κ2) is 44.3. The van der Waals surface area contributed by atoms with E-state index < -0.39 is 5.97 Å². The summed E-state index contributed by atoms with van der Waals surface area (Å²) in [6.45, 7) is 14.1. The maximum Gasteiger partial charge on any atom is 0.306 e. The van der Waals surface area contributed by atoms with Gasteiger partial charge in [0, 0.05) is 6.42 Å². The van der Waals surface area contributed by atoms with Gasteiger partial charge in [0.05, 0.1) is 12.5 Å². The molecule has 0 aliphatic carbocycles. The van der Waals surface area contributed by atoms with Crippen molar-refractivity contribution in [3.63, 3.8) is 0 Å². The van der Waals surface area contributed by atoms with E-state index in [1.165, 1.54) is 173 Å². The zero-order valence-electron chi connectivity index (χ0n) is 36.6. The van der Waals surface area contributed by atoms with Crippen LogP contribution in [0.3, 0.4) is 0 Å². The van der Waals surface area contributed by atoms with Gasteiger partial charge in [0.2, 0.25) is 0 Å². The summed E-state index contributed by atoms with van der Waals surface area (Å²) in [6.07, 6.45) is 45.9. The molecule has 1 atom stereocenters.